The second-order valence-electron chi connectivity index (χ2n) is 5.88. The van der Waals surface area contributed by atoms with Crippen LogP contribution in [0.15, 0.2) is 78.2 Å². The number of sulfonamides is 1. The zero-order valence-electron chi connectivity index (χ0n) is 14.9. The maximum atomic E-state index is 12.4. The van der Waals surface area contributed by atoms with Crippen molar-refractivity contribution in [2.45, 2.75) is 18.0 Å². The largest absolute Gasteiger partial charge is 0.334 e. The van der Waals surface area contributed by atoms with Crippen LogP contribution in [0, 0.1) is 0 Å². The van der Waals surface area contributed by atoms with E-state index in [1.165, 1.54) is 24.3 Å². The molecule has 0 bridgehead atoms. The molecule has 0 radical (unpaired) electrons. The van der Waals surface area contributed by atoms with Crippen molar-refractivity contribution in [2.24, 2.45) is 0 Å². The van der Waals surface area contributed by atoms with E-state index >= 15 is 0 Å². The van der Waals surface area contributed by atoms with Gasteiger partial charge in [0.15, 0.2) is 0 Å². The van der Waals surface area contributed by atoms with E-state index in [1.807, 2.05) is 6.07 Å². The first-order valence-corrected chi connectivity index (χ1v) is 9.94. The number of hydrogen-bond donors (Lipinski definition) is 3. The SMILES string of the molecule is O=C(NCc1cccnc1)Nc1ccc(S(=O)(=O)NCc2cccnc2)cc1. The molecule has 0 unspecified atom stereocenters. The monoisotopic (exact) mass is 397 g/mol. The third-order valence-corrected chi connectivity index (χ3v) is 5.20. The summed E-state index contributed by atoms with van der Waals surface area (Å²) in [4.78, 5) is 20.0. The zero-order chi connectivity index (χ0) is 19.8. The smallest absolute Gasteiger partial charge is 0.319 e. The molecule has 0 saturated carbocycles. The van der Waals surface area contributed by atoms with Crippen LogP contribution < -0.4 is 15.4 Å². The van der Waals surface area contributed by atoms with Crippen LogP contribution in [0.4, 0.5) is 10.5 Å². The van der Waals surface area contributed by atoms with Crippen molar-refractivity contribution in [3.8, 4) is 0 Å². The molecule has 8 nitrogen and oxygen atoms in total. The summed E-state index contributed by atoms with van der Waals surface area (Å²) in [6, 6.07) is 12.7. The van der Waals surface area contributed by atoms with E-state index in [2.05, 4.69) is 25.3 Å². The first-order valence-electron chi connectivity index (χ1n) is 8.45. The van der Waals surface area contributed by atoms with Gasteiger partial charge in [-0.25, -0.2) is 17.9 Å². The van der Waals surface area contributed by atoms with E-state index in [-0.39, 0.29) is 11.4 Å². The maximum absolute atomic E-state index is 12.4. The Morgan fingerprint density at radius 2 is 1.46 bits per heavy atom. The first-order chi connectivity index (χ1) is 13.5. The van der Waals surface area contributed by atoms with Gasteiger partial charge in [0, 0.05) is 43.6 Å². The normalized spacial score (nSPS) is 11.0. The van der Waals surface area contributed by atoms with Crippen LogP contribution in [0.2, 0.25) is 0 Å². The molecule has 9 heteroatoms. The Morgan fingerprint density at radius 1 is 0.857 bits per heavy atom. The predicted octanol–water partition coefficient (Wildman–Crippen LogP) is 2.28. The molecule has 3 N–H and O–H groups in total. The quantitative estimate of drug-likeness (QED) is 0.566. The van der Waals surface area contributed by atoms with Crippen LogP contribution >= 0.6 is 0 Å². The maximum Gasteiger partial charge on any atom is 0.319 e. The Hall–Kier alpha value is -3.30. The van der Waals surface area contributed by atoms with Crippen LogP contribution in [0.1, 0.15) is 11.1 Å². The van der Waals surface area contributed by atoms with Crippen molar-refractivity contribution < 1.29 is 13.2 Å². The molecule has 2 heterocycles. The Balaban J connectivity index is 1.54. The number of pyridine rings is 2. The molecular formula is C19H19N5O3S. The number of carbonyl (C=O) groups is 1. The van der Waals surface area contributed by atoms with Crippen molar-refractivity contribution >= 4 is 21.7 Å². The summed E-state index contributed by atoms with van der Waals surface area (Å²) in [6.07, 6.45) is 6.54. The van der Waals surface area contributed by atoms with Gasteiger partial charge in [-0.2, -0.15) is 0 Å². The van der Waals surface area contributed by atoms with Crippen molar-refractivity contribution in [2.75, 3.05) is 5.32 Å². The molecule has 0 fully saturated rings. The average molecular weight is 397 g/mol. The van der Waals surface area contributed by atoms with E-state index in [1.54, 1.807) is 43.0 Å². The summed E-state index contributed by atoms with van der Waals surface area (Å²) in [5, 5.41) is 5.36. The van der Waals surface area contributed by atoms with Gasteiger partial charge < -0.3 is 10.6 Å². The highest BCUT2D eigenvalue weighted by Gasteiger charge is 2.14. The molecule has 2 aromatic heterocycles. The molecule has 0 atom stereocenters. The number of benzene rings is 1. The summed E-state index contributed by atoms with van der Waals surface area (Å²) >= 11 is 0. The summed E-state index contributed by atoms with van der Waals surface area (Å²) in [5.74, 6) is 0. The lowest BCUT2D eigenvalue weighted by molar-refractivity contribution is 0.251. The second-order valence-corrected chi connectivity index (χ2v) is 7.65. The fraction of sp³-hybridized carbons (Fsp3) is 0.105. The number of rotatable bonds is 7. The topological polar surface area (TPSA) is 113 Å². The van der Waals surface area contributed by atoms with Gasteiger partial charge >= 0.3 is 6.03 Å². The summed E-state index contributed by atoms with van der Waals surface area (Å²) < 4.78 is 27.2. The molecule has 0 saturated heterocycles. The predicted molar refractivity (Wildman–Crippen MR) is 105 cm³/mol. The molecule has 0 aliphatic carbocycles. The minimum absolute atomic E-state index is 0.109. The Morgan fingerprint density at radius 3 is 2.04 bits per heavy atom. The number of aromatic nitrogens is 2. The van der Waals surface area contributed by atoms with Crippen LogP contribution in [-0.2, 0) is 23.1 Å². The number of nitrogens with zero attached hydrogens (tertiary/aromatic N) is 2. The number of anilines is 1. The molecule has 144 valence electrons. The minimum Gasteiger partial charge on any atom is -0.334 e. The number of carbonyl (C=O) groups excluding carboxylic acids is 1. The van der Waals surface area contributed by atoms with Crippen LogP contribution in [-0.4, -0.2) is 24.4 Å². The molecule has 3 aromatic rings. The summed E-state index contributed by atoms with van der Waals surface area (Å²) in [5.41, 5.74) is 2.11. The lowest BCUT2D eigenvalue weighted by Gasteiger charge is -2.09. The van der Waals surface area contributed by atoms with Gasteiger partial charge in [-0.1, -0.05) is 12.1 Å². The molecule has 28 heavy (non-hydrogen) atoms. The molecular weight excluding hydrogens is 378 g/mol. The molecule has 0 aliphatic heterocycles. The standard InChI is InChI=1S/C19H19N5O3S/c25-19(22-13-15-3-1-9-20-11-15)24-17-5-7-18(8-6-17)28(26,27)23-14-16-4-2-10-21-12-16/h1-12,23H,13-14H2,(H2,22,24,25). The minimum atomic E-state index is -3.66. The van der Waals surface area contributed by atoms with Crippen LogP contribution in [0.25, 0.3) is 0 Å². The lowest BCUT2D eigenvalue weighted by atomic mass is 10.3. The van der Waals surface area contributed by atoms with Crippen molar-refractivity contribution in [1.29, 1.82) is 0 Å². The van der Waals surface area contributed by atoms with Gasteiger partial charge in [-0.05, 0) is 47.5 Å². The molecule has 2 amide bonds. The van der Waals surface area contributed by atoms with Gasteiger partial charge in [0.1, 0.15) is 0 Å². The Kier molecular flexibility index (Phi) is 6.30. The second kappa shape index (κ2) is 9.07. The highest BCUT2D eigenvalue weighted by Crippen LogP contribution is 2.14. The Bertz CT molecular complexity index is 1010. The molecule has 3 rings (SSSR count). The van der Waals surface area contributed by atoms with Gasteiger partial charge in [-0.3, -0.25) is 9.97 Å². The van der Waals surface area contributed by atoms with Gasteiger partial charge in [0.25, 0.3) is 0 Å². The van der Waals surface area contributed by atoms with E-state index in [9.17, 15) is 13.2 Å². The molecule has 0 aliphatic rings. The highest BCUT2D eigenvalue weighted by atomic mass is 32.2. The molecule has 1 aromatic carbocycles. The summed E-state index contributed by atoms with van der Waals surface area (Å²) in [6.45, 7) is 0.483. The number of amides is 2. The third kappa shape index (κ3) is 5.60. The number of hydrogen-bond acceptors (Lipinski definition) is 5. The highest BCUT2D eigenvalue weighted by molar-refractivity contribution is 7.89. The average Bonchev–Trinajstić information content (AvgIpc) is 2.73. The lowest BCUT2D eigenvalue weighted by Crippen LogP contribution is -2.28. The van der Waals surface area contributed by atoms with Gasteiger partial charge in [0.2, 0.25) is 10.0 Å². The van der Waals surface area contributed by atoms with Crippen molar-refractivity contribution in [3.63, 3.8) is 0 Å². The van der Waals surface area contributed by atoms with E-state index in [0.717, 1.165) is 11.1 Å². The summed E-state index contributed by atoms with van der Waals surface area (Å²) in [7, 11) is -3.66. The van der Waals surface area contributed by atoms with E-state index in [4.69, 9.17) is 0 Å². The zero-order valence-corrected chi connectivity index (χ0v) is 15.7. The van der Waals surface area contributed by atoms with Crippen LogP contribution in [0.5, 0.6) is 0 Å². The molecule has 0 spiro atoms. The first kappa shape index (κ1) is 19.5. The van der Waals surface area contributed by atoms with Crippen LogP contribution in [0.3, 0.4) is 0 Å². The van der Waals surface area contributed by atoms with E-state index in [0.29, 0.717) is 12.2 Å². The van der Waals surface area contributed by atoms with Crippen molar-refractivity contribution in [3.05, 3.63) is 84.4 Å². The number of nitrogens with one attached hydrogen (secondary N) is 3. The van der Waals surface area contributed by atoms with Gasteiger partial charge in [-0.15, -0.1) is 0 Å². The van der Waals surface area contributed by atoms with Crippen molar-refractivity contribution in [1.82, 2.24) is 20.0 Å². The number of urea groups is 1. The fourth-order valence-electron chi connectivity index (χ4n) is 2.34. The third-order valence-electron chi connectivity index (χ3n) is 3.79. The van der Waals surface area contributed by atoms with Gasteiger partial charge in [0.05, 0.1) is 4.90 Å². The van der Waals surface area contributed by atoms with E-state index < -0.39 is 16.1 Å². The fourth-order valence-corrected chi connectivity index (χ4v) is 3.36. The Labute approximate surface area is 163 Å².